The van der Waals surface area contributed by atoms with Gasteiger partial charge in [-0.25, -0.2) is 4.39 Å². The molecule has 104 valence electrons. The van der Waals surface area contributed by atoms with Crippen LogP contribution in [0, 0.1) is 5.82 Å². The number of amides is 1. The highest BCUT2D eigenvalue weighted by Gasteiger charge is 2.26. The first kappa shape index (κ1) is 14.0. The predicted octanol–water partition coefficient (Wildman–Crippen LogP) is 2.81. The molecule has 1 aromatic rings. The molecule has 1 unspecified atom stereocenters. The number of carbonyl (C=O) groups is 1. The second kappa shape index (κ2) is 5.70. The number of ether oxygens (including phenoxy) is 1. The fourth-order valence-electron chi connectivity index (χ4n) is 2.25. The van der Waals surface area contributed by atoms with Crippen LogP contribution in [0.5, 0.6) is 0 Å². The van der Waals surface area contributed by atoms with Crippen LogP contribution in [0.3, 0.4) is 0 Å². The van der Waals surface area contributed by atoms with E-state index in [2.05, 4.69) is 0 Å². The predicted molar refractivity (Wildman–Crippen MR) is 71.8 cm³/mol. The summed E-state index contributed by atoms with van der Waals surface area (Å²) in [6.07, 6.45) is 0. The molecule has 1 amide bonds. The van der Waals surface area contributed by atoms with Crippen molar-refractivity contribution in [3.63, 3.8) is 0 Å². The molecule has 2 rings (SSSR count). The van der Waals surface area contributed by atoms with Crippen molar-refractivity contribution in [2.24, 2.45) is 0 Å². The number of morpholine rings is 1. The van der Waals surface area contributed by atoms with Crippen molar-refractivity contribution in [2.45, 2.75) is 32.7 Å². The number of hydrogen-bond acceptors (Lipinski definition) is 2. The average molecular weight is 265 g/mol. The lowest BCUT2D eigenvalue weighted by Gasteiger charge is -2.33. The van der Waals surface area contributed by atoms with Gasteiger partial charge in [-0.15, -0.1) is 0 Å². The highest BCUT2D eigenvalue weighted by Crippen LogP contribution is 2.21. The van der Waals surface area contributed by atoms with Crippen molar-refractivity contribution in [3.05, 3.63) is 35.1 Å². The summed E-state index contributed by atoms with van der Waals surface area (Å²) in [5.41, 5.74) is 1.14. The number of nitrogens with zero attached hydrogens (tertiary/aromatic N) is 1. The maximum Gasteiger partial charge on any atom is 0.257 e. The standard InChI is InChI=1S/C15H20FNO2/c1-10(2)12-4-5-14(16)13(8-12)15(18)17-6-7-19-9-11(17)3/h4-5,8,10-11H,6-7,9H2,1-3H3. The van der Waals surface area contributed by atoms with Gasteiger partial charge in [0.05, 0.1) is 24.8 Å². The van der Waals surface area contributed by atoms with E-state index in [0.29, 0.717) is 19.8 Å². The molecule has 0 aromatic heterocycles. The van der Waals surface area contributed by atoms with Gasteiger partial charge in [-0.1, -0.05) is 19.9 Å². The summed E-state index contributed by atoms with van der Waals surface area (Å²) in [5, 5.41) is 0. The van der Waals surface area contributed by atoms with E-state index in [1.165, 1.54) is 6.07 Å². The zero-order valence-corrected chi connectivity index (χ0v) is 11.6. The van der Waals surface area contributed by atoms with Gasteiger partial charge >= 0.3 is 0 Å². The van der Waals surface area contributed by atoms with E-state index in [1.54, 1.807) is 17.0 Å². The van der Waals surface area contributed by atoms with Crippen molar-refractivity contribution in [1.29, 1.82) is 0 Å². The summed E-state index contributed by atoms with van der Waals surface area (Å²) in [6, 6.07) is 4.78. The summed E-state index contributed by atoms with van der Waals surface area (Å²) < 4.78 is 19.2. The number of benzene rings is 1. The average Bonchev–Trinajstić information content (AvgIpc) is 2.38. The molecule has 1 saturated heterocycles. The second-order valence-electron chi connectivity index (χ2n) is 5.32. The van der Waals surface area contributed by atoms with E-state index in [9.17, 15) is 9.18 Å². The van der Waals surface area contributed by atoms with Gasteiger partial charge in [-0.2, -0.15) is 0 Å². The third kappa shape index (κ3) is 2.95. The van der Waals surface area contributed by atoms with Crippen LogP contribution >= 0.6 is 0 Å². The van der Waals surface area contributed by atoms with Crippen molar-refractivity contribution in [1.82, 2.24) is 4.90 Å². The summed E-state index contributed by atoms with van der Waals surface area (Å²) in [7, 11) is 0. The lowest BCUT2D eigenvalue weighted by Crippen LogP contribution is -2.47. The molecule has 1 fully saturated rings. The highest BCUT2D eigenvalue weighted by atomic mass is 19.1. The molecular weight excluding hydrogens is 245 g/mol. The minimum absolute atomic E-state index is 0.0108. The number of halogens is 1. The minimum Gasteiger partial charge on any atom is -0.377 e. The fourth-order valence-corrected chi connectivity index (χ4v) is 2.25. The molecule has 1 aromatic carbocycles. The molecule has 3 nitrogen and oxygen atoms in total. The van der Waals surface area contributed by atoms with Crippen molar-refractivity contribution >= 4 is 5.91 Å². The molecule has 0 N–H and O–H groups in total. The Kier molecular flexibility index (Phi) is 4.20. The van der Waals surface area contributed by atoms with Gasteiger partial charge in [0.15, 0.2) is 0 Å². The molecule has 1 aliphatic heterocycles. The highest BCUT2D eigenvalue weighted by molar-refractivity contribution is 5.95. The Morgan fingerprint density at radius 3 is 2.84 bits per heavy atom. The van der Waals surface area contributed by atoms with Crippen molar-refractivity contribution < 1.29 is 13.9 Å². The van der Waals surface area contributed by atoms with Gasteiger partial charge in [0.1, 0.15) is 5.82 Å². The van der Waals surface area contributed by atoms with Crippen LogP contribution in [0.25, 0.3) is 0 Å². The van der Waals surface area contributed by atoms with E-state index in [0.717, 1.165) is 5.56 Å². The zero-order chi connectivity index (χ0) is 14.0. The Morgan fingerprint density at radius 1 is 1.47 bits per heavy atom. The molecule has 0 aliphatic carbocycles. The Labute approximate surface area is 113 Å². The molecule has 1 aliphatic rings. The molecule has 0 spiro atoms. The number of carbonyl (C=O) groups excluding carboxylic acids is 1. The molecular formula is C15H20FNO2. The largest absolute Gasteiger partial charge is 0.377 e. The molecule has 0 radical (unpaired) electrons. The van der Waals surface area contributed by atoms with Gasteiger partial charge in [-0.05, 0) is 30.5 Å². The van der Waals surface area contributed by atoms with Gasteiger partial charge in [0, 0.05) is 6.54 Å². The van der Waals surface area contributed by atoms with E-state index in [1.807, 2.05) is 20.8 Å². The van der Waals surface area contributed by atoms with Crippen molar-refractivity contribution in [2.75, 3.05) is 19.8 Å². The normalized spacial score (nSPS) is 19.8. The molecule has 1 heterocycles. The maximum atomic E-state index is 13.9. The van der Waals surface area contributed by atoms with Crippen LogP contribution in [-0.2, 0) is 4.74 Å². The zero-order valence-electron chi connectivity index (χ0n) is 11.6. The summed E-state index contributed by atoms with van der Waals surface area (Å²) >= 11 is 0. The maximum absolute atomic E-state index is 13.9. The lowest BCUT2D eigenvalue weighted by atomic mass is 9.99. The van der Waals surface area contributed by atoms with Gasteiger partial charge in [0.25, 0.3) is 5.91 Å². The van der Waals surface area contributed by atoms with Gasteiger partial charge < -0.3 is 9.64 Å². The number of rotatable bonds is 2. The molecule has 19 heavy (non-hydrogen) atoms. The summed E-state index contributed by atoms with van der Waals surface area (Å²) in [6.45, 7) is 7.52. The van der Waals surface area contributed by atoms with Gasteiger partial charge in [0.2, 0.25) is 0 Å². The summed E-state index contributed by atoms with van der Waals surface area (Å²) in [5.74, 6) is -0.418. The molecule has 1 atom stereocenters. The van der Waals surface area contributed by atoms with E-state index in [4.69, 9.17) is 4.74 Å². The third-order valence-corrected chi connectivity index (χ3v) is 3.52. The molecule has 0 saturated carbocycles. The van der Waals surface area contributed by atoms with Crippen LogP contribution in [0.4, 0.5) is 4.39 Å². The Balaban J connectivity index is 2.29. The monoisotopic (exact) mass is 265 g/mol. The van der Waals surface area contributed by atoms with Crippen LogP contribution in [0.15, 0.2) is 18.2 Å². The second-order valence-corrected chi connectivity index (χ2v) is 5.32. The molecule has 0 bridgehead atoms. The van der Waals surface area contributed by atoms with Crippen LogP contribution in [0.2, 0.25) is 0 Å². The first-order chi connectivity index (χ1) is 9.00. The quantitative estimate of drug-likeness (QED) is 0.823. The Hall–Kier alpha value is -1.42. The van der Waals surface area contributed by atoms with Crippen LogP contribution in [-0.4, -0.2) is 36.6 Å². The molecule has 4 heteroatoms. The van der Waals surface area contributed by atoms with Gasteiger partial charge in [-0.3, -0.25) is 4.79 Å². The first-order valence-electron chi connectivity index (χ1n) is 6.69. The Bertz CT molecular complexity index is 473. The van der Waals surface area contributed by atoms with E-state index in [-0.39, 0.29) is 23.4 Å². The smallest absolute Gasteiger partial charge is 0.257 e. The van der Waals surface area contributed by atoms with Crippen LogP contribution in [0.1, 0.15) is 42.6 Å². The first-order valence-corrected chi connectivity index (χ1v) is 6.69. The topological polar surface area (TPSA) is 29.5 Å². The lowest BCUT2D eigenvalue weighted by molar-refractivity contribution is 0.00334. The fraction of sp³-hybridized carbons (Fsp3) is 0.533. The third-order valence-electron chi connectivity index (χ3n) is 3.52. The SMILES string of the molecule is CC(C)c1ccc(F)c(C(=O)N2CCOCC2C)c1. The number of hydrogen-bond donors (Lipinski definition) is 0. The minimum atomic E-state index is -0.451. The summed E-state index contributed by atoms with van der Waals surface area (Å²) in [4.78, 5) is 14.1. The van der Waals surface area contributed by atoms with Crippen molar-refractivity contribution in [3.8, 4) is 0 Å². The van der Waals surface area contributed by atoms with E-state index < -0.39 is 5.82 Å². The van der Waals surface area contributed by atoms with E-state index >= 15 is 0 Å². The Morgan fingerprint density at radius 2 is 2.21 bits per heavy atom. The van der Waals surface area contributed by atoms with Crippen LogP contribution < -0.4 is 0 Å².